The van der Waals surface area contributed by atoms with Crippen molar-refractivity contribution in [2.75, 3.05) is 31.7 Å². The molecule has 1 heterocycles. The fourth-order valence-corrected chi connectivity index (χ4v) is 3.28. The van der Waals surface area contributed by atoms with Gasteiger partial charge in [-0.3, -0.25) is 14.9 Å². The van der Waals surface area contributed by atoms with Crippen LogP contribution in [0.4, 0.5) is 11.4 Å². The number of rotatable bonds is 7. The number of hydrogen-bond acceptors (Lipinski definition) is 7. The number of anilines is 1. The molecule has 8 nitrogen and oxygen atoms in total. The molecule has 0 saturated carbocycles. The number of carbonyl (C=O) groups is 2. The molecule has 8 heteroatoms. The molecule has 0 aromatic heterocycles. The molecule has 0 N–H and O–H groups in total. The van der Waals surface area contributed by atoms with Crippen molar-refractivity contribution in [1.82, 2.24) is 0 Å². The van der Waals surface area contributed by atoms with Crippen LogP contribution in [0.5, 0.6) is 5.75 Å². The molecule has 1 saturated heterocycles. The van der Waals surface area contributed by atoms with Gasteiger partial charge in [-0.2, -0.15) is 0 Å². The average Bonchev–Trinajstić information content (AvgIpc) is 2.77. The fraction of sp³-hybridized carbons (Fsp3) is 0.333. The second-order valence-electron chi connectivity index (χ2n) is 6.73. The van der Waals surface area contributed by atoms with E-state index in [1.54, 1.807) is 30.3 Å². The number of non-ortho nitro benzene ring substituents is 1. The Morgan fingerprint density at radius 1 is 1.07 bits per heavy atom. The van der Waals surface area contributed by atoms with Gasteiger partial charge >= 0.3 is 5.97 Å². The Balaban J connectivity index is 1.76. The standard InChI is InChI=1S/C21H22N2O6/c1-28-17-8-5-15(6-9-17)20(24)14-29-21(25)18-13-16(23(26)27)7-10-19(18)22-11-3-2-4-12-22/h5-10,13H,2-4,11-12,14H2,1H3. The lowest BCUT2D eigenvalue weighted by molar-refractivity contribution is -0.384. The summed E-state index contributed by atoms with van der Waals surface area (Å²) >= 11 is 0. The number of hydrogen-bond donors (Lipinski definition) is 0. The predicted molar refractivity (Wildman–Crippen MR) is 107 cm³/mol. The zero-order chi connectivity index (χ0) is 20.8. The normalized spacial score (nSPS) is 13.6. The van der Waals surface area contributed by atoms with Crippen LogP contribution in [0, 0.1) is 10.1 Å². The van der Waals surface area contributed by atoms with Crippen molar-refractivity contribution in [3.63, 3.8) is 0 Å². The highest BCUT2D eigenvalue weighted by Gasteiger charge is 2.23. The Morgan fingerprint density at radius 2 is 1.76 bits per heavy atom. The van der Waals surface area contributed by atoms with Gasteiger partial charge in [-0.1, -0.05) is 0 Å². The van der Waals surface area contributed by atoms with Crippen LogP contribution in [0.1, 0.15) is 40.0 Å². The summed E-state index contributed by atoms with van der Waals surface area (Å²) in [7, 11) is 1.53. The summed E-state index contributed by atoms with van der Waals surface area (Å²) in [6, 6.07) is 10.6. The highest BCUT2D eigenvalue weighted by molar-refractivity contribution is 6.01. The van der Waals surface area contributed by atoms with E-state index in [-0.39, 0.29) is 17.0 Å². The van der Waals surface area contributed by atoms with Gasteiger partial charge in [0.2, 0.25) is 0 Å². The van der Waals surface area contributed by atoms with Crippen LogP contribution in [0.2, 0.25) is 0 Å². The first-order chi connectivity index (χ1) is 14.0. The third kappa shape index (κ3) is 4.90. The zero-order valence-corrected chi connectivity index (χ0v) is 16.1. The number of benzene rings is 2. The van der Waals surface area contributed by atoms with E-state index in [0.29, 0.717) is 17.0 Å². The molecule has 0 spiro atoms. The van der Waals surface area contributed by atoms with Crippen molar-refractivity contribution in [3.05, 3.63) is 63.7 Å². The van der Waals surface area contributed by atoms with Crippen molar-refractivity contribution in [3.8, 4) is 5.75 Å². The third-order valence-corrected chi connectivity index (χ3v) is 4.85. The number of nitrogens with zero attached hydrogens (tertiary/aromatic N) is 2. The van der Waals surface area contributed by atoms with Gasteiger partial charge in [0.05, 0.1) is 23.3 Å². The van der Waals surface area contributed by atoms with Crippen molar-refractivity contribution < 1.29 is 24.0 Å². The van der Waals surface area contributed by atoms with E-state index in [9.17, 15) is 19.7 Å². The van der Waals surface area contributed by atoms with E-state index in [1.165, 1.54) is 19.2 Å². The number of nitro groups is 1. The molecular weight excluding hydrogens is 376 g/mol. The maximum atomic E-state index is 12.7. The van der Waals surface area contributed by atoms with E-state index >= 15 is 0 Å². The molecule has 0 unspecified atom stereocenters. The molecule has 0 radical (unpaired) electrons. The monoisotopic (exact) mass is 398 g/mol. The minimum absolute atomic E-state index is 0.101. The third-order valence-electron chi connectivity index (χ3n) is 4.85. The molecule has 1 aliphatic rings. The van der Waals surface area contributed by atoms with Crippen LogP contribution < -0.4 is 9.64 Å². The van der Waals surface area contributed by atoms with Gasteiger partial charge in [0.1, 0.15) is 5.75 Å². The summed E-state index contributed by atoms with van der Waals surface area (Å²) in [5.74, 6) is -0.511. The van der Waals surface area contributed by atoms with Gasteiger partial charge in [-0.25, -0.2) is 4.79 Å². The van der Waals surface area contributed by atoms with Gasteiger partial charge in [-0.15, -0.1) is 0 Å². The maximum absolute atomic E-state index is 12.7. The first-order valence-electron chi connectivity index (χ1n) is 9.37. The Hall–Kier alpha value is -3.42. The lowest BCUT2D eigenvalue weighted by Gasteiger charge is -2.30. The highest BCUT2D eigenvalue weighted by Crippen LogP contribution is 2.28. The lowest BCUT2D eigenvalue weighted by atomic mass is 10.1. The predicted octanol–water partition coefficient (Wildman–Crippen LogP) is 3.63. The molecular formula is C21H22N2O6. The summed E-state index contributed by atoms with van der Waals surface area (Å²) in [4.78, 5) is 37.6. The quantitative estimate of drug-likeness (QED) is 0.304. The van der Waals surface area contributed by atoms with Crippen molar-refractivity contribution >= 4 is 23.1 Å². The number of Topliss-reactive ketones (excluding diaryl/α,β-unsaturated/α-hetero) is 1. The minimum Gasteiger partial charge on any atom is -0.497 e. The number of ketones is 1. The van der Waals surface area contributed by atoms with Crippen molar-refractivity contribution in [2.24, 2.45) is 0 Å². The van der Waals surface area contributed by atoms with Gasteiger partial charge in [0, 0.05) is 30.8 Å². The van der Waals surface area contributed by atoms with Crippen molar-refractivity contribution in [1.29, 1.82) is 0 Å². The van der Waals surface area contributed by atoms with E-state index in [2.05, 4.69) is 0 Å². The molecule has 2 aromatic carbocycles. The fourth-order valence-electron chi connectivity index (χ4n) is 3.28. The van der Waals surface area contributed by atoms with E-state index in [4.69, 9.17) is 9.47 Å². The molecule has 1 fully saturated rings. The van der Waals surface area contributed by atoms with E-state index in [1.807, 2.05) is 4.90 Å². The Labute approximate surface area is 168 Å². The van der Waals surface area contributed by atoms with Gasteiger partial charge in [0.15, 0.2) is 12.4 Å². The minimum atomic E-state index is -0.754. The molecule has 3 rings (SSSR count). The Morgan fingerprint density at radius 3 is 2.38 bits per heavy atom. The first kappa shape index (κ1) is 20.3. The summed E-state index contributed by atoms with van der Waals surface area (Å²) in [6.45, 7) is 1.08. The molecule has 152 valence electrons. The van der Waals surface area contributed by atoms with Crippen LogP contribution in [0.15, 0.2) is 42.5 Å². The van der Waals surface area contributed by atoms with Gasteiger partial charge in [0.25, 0.3) is 5.69 Å². The molecule has 0 atom stereocenters. The SMILES string of the molecule is COc1ccc(C(=O)COC(=O)c2cc([N+](=O)[O-])ccc2N2CCCCC2)cc1. The molecule has 0 amide bonds. The maximum Gasteiger partial charge on any atom is 0.340 e. The zero-order valence-electron chi connectivity index (χ0n) is 16.1. The van der Waals surface area contributed by atoms with Gasteiger partial charge < -0.3 is 14.4 Å². The largest absolute Gasteiger partial charge is 0.497 e. The van der Waals surface area contributed by atoms with E-state index in [0.717, 1.165) is 32.4 Å². The number of esters is 1. The second-order valence-corrected chi connectivity index (χ2v) is 6.73. The highest BCUT2D eigenvalue weighted by atomic mass is 16.6. The second kappa shape index (κ2) is 9.18. The summed E-state index contributed by atoms with van der Waals surface area (Å²) in [5, 5.41) is 11.1. The number of ether oxygens (including phenoxy) is 2. The van der Waals surface area contributed by atoms with Crippen molar-refractivity contribution in [2.45, 2.75) is 19.3 Å². The topological polar surface area (TPSA) is 99.0 Å². The Kier molecular flexibility index (Phi) is 6.43. The molecule has 29 heavy (non-hydrogen) atoms. The van der Waals surface area contributed by atoms with Crippen LogP contribution in [0.3, 0.4) is 0 Å². The van der Waals surface area contributed by atoms with Crippen LogP contribution in [0.25, 0.3) is 0 Å². The Bertz CT molecular complexity index is 904. The number of methoxy groups -OCH3 is 1. The van der Waals surface area contributed by atoms with Crippen LogP contribution in [-0.2, 0) is 4.74 Å². The van der Waals surface area contributed by atoms with Gasteiger partial charge in [-0.05, 0) is 49.6 Å². The van der Waals surface area contributed by atoms with Crippen LogP contribution >= 0.6 is 0 Å². The molecule has 0 bridgehead atoms. The number of nitro benzene ring substituents is 1. The number of carbonyl (C=O) groups excluding carboxylic acids is 2. The average molecular weight is 398 g/mol. The first-order valence-corrected chi connectivity index (χ1v) is 9.37. The number of piperidine rings is 1. The molecule has 1 aliphatic heterocycles. The van der Waals surface area contributed by atoms with Crippen LogP contribution in [-0.4, -0.2) is 43.5 Å². The summed E-state index contributed by atoms with van der Waals surface area (Å²) in [6.07, 6.45) is 3.09. The van der Waals surface area contributed by atoms with E-state index < -0.39 is 17.5 Å². The summed E-state index contributed by atoms with van der Waals surface area (Å²) < 4.78 is 10.2. The molecule has 0 aliphatic carbocycles. The smallest absolute Gasteiger partial charge is 0.340 e. The molecule has 2 aromatic rings. The summed E-state index contributed by atoms with van der Waals surface area (Å²) in [5.41, 5.74) is 0.883. The lowest BCUT2D eigenvalue weighted by Crippen LogP contribution is -2.31.